The Balaban J connectivity index is 1.88. The first-order valence-corrected chi connectivity index (χ1v) is 7.36. The molecule has 7 heteroatoms. The number of hydrogen-bond donors (Lipinski definition) is 2. The van der Waals surface area contributed by atoms with Gasteiger partial charge < -0.3 is 10.6 Å². The monoisotopic (exact) mass is 288 g/mol. The number of aromatic nitrogens is 2. The number of Topliss-reactive ketones (excluding diaryl/α,β-unsaturated/α-hetero) is 1. The van der Waals surface area contributed by atoms with Gasteiger partial charge in [0.25, 0.3) is 0 Å². The third-order valence-electron chi connectivity index (χ3n) is 3.61. The molecular formula is C13H12N4O2S. The van der Waals surface area contributed by atoms with Crippen molar-refractivity contribution < 1.29 is 9.42 Å². The Labute approximate surface area is 118 Å². The fraction of sp³-hybridized carbons (Fsp3) is 0.308. The second-order valence-electron chi connectivity index (χ2n) is 4.85. The van der Waals surface area contributed by atoms with Crippen molar-refractivity contribution in [1.29, 1.82) is 0 Å². The van der Waals surface area contributed by atoms with E-state index in [2.05, 4.69) is 20.9 Å². The minimum Gasteiger partial charge on any atom is -0.352 e. The highest BCUT2D eigenvalue weighted by Gasteiger charge is 2.34. The third kappa shape index (κ3) is 1.74. The van der Waals surface area contributed by atoms with Crippen LogP contribution in [0.25, 0.3) is 0 Å². The number of carbonyl (C=O) groups excluding carboxylic acids is 1. The quantitative estimate of drug-likeness (QED) is 0.840. The Bertz CT molecular complexity index is 689. The zero-order valence-corrected chi connectivity index (χ0v) is 11.4. The molecule has 0 saturated carbocycles. The number of allylic oxidation sites excluding steroid dienone is 1. The molecule has 0 saturated heterocycles. The SMILES string of the molecule is O=C1CCCC2=C1C(c1cccs1)Nc1nonc1N2. The predicted molar refractivity (Wildman–Crippen MR) is 74.5 cm³/mol. The molecule has 2 aliphatic rings. The number of rotatable bonds is 1. The number of nitrogens with one attached hydrogen (secondary N) is 2. The van der Waals surface area contributed by atoms with Crippen molar-refractivity contribution in [1.82, 2.24) is 10.3 Å². The number of fused-ring (bicyclic) bond motifs is 1. The number of hydrogen-bond acceptors (Lipinski definition) is 7. The number of ketones is 1. The molecule has 0 radical (unpaired) electrons. The maximum atomic E-state index is 12.4. The average molecular weight is 288 g/mol. The maximum absolute atomic E-state index is 12.4. The van der Waals surface area contributed by atoms with E-state index in [1.807, 2.05) is 17.5 Å². The van der Waals surface area contributed by atoms with Crippen LogP contribution in [0.1, 0.15) is 30.2 Å². The molecule has 6 nitrogen and oxygen atoms in total. The molecule has 1 unspecified atom stereocenters. The Kier molecular flexibility index (Phi) is 2.59. The summed E-state index contributed by atoms with van der Waals surface area (Å²) in [7, 11) is 0. The van der Waals surface area contributed by atoms with Gasteiger partial charge in [0, 0.05) is 22.6 Å². The molecule has 0 fully saturated rings. The van der Waals surface area contributed by atoms with Crippen LogP contribution in [0.15, 0.2) is 33.4 Å². The van der Waals surface area contributed by atoms with Crippen molar-refractivity contribution >= 4 is 28.8 Å². The van der Waals surface area contributed by atoms with Gasteiger partial charge in [-0.1, -0.05) is 6.07 Å². The van der Waals surface area contributed by atoms with E-state index in [9.17, 15) is 4.79 Å². The van der Waals surface area contributed by atoms with Crippen molar-refractivity contribution in [2.24, 2.45) is 0 Å². The lowest BCUT2D eigenvalue weighted by Crippen LogP contribution is -2.23. The van der Waals surface area contributed by atoms with Gasteiger partial charge in [0.15, 0.2) is 5.78 Å². The van der Waals surface area contributed by atoms with E-state index in [4.69, 9.17) is 4.63 Å². The Hall–Kier alpha value is -2.15. The lowest BCUT2D eigenvalue weighted by molar-refractivity contribution is -0.116. The van der Waals surface area contributed by atoms with Gasteiger partial charge in [0.2, 0.25) is 11.6 Å². The third-order valence-corrected chi connectivity index (χ3v) is 4.55. The topological polar surface area (TPSA) is 80.1 Å². The molecular weight excluding hydrogens is 276 g/mol. The van der Waals surface area contributed by atoms with Gasteiger partial charge in [0.05, 0.1) is 6.04 Å². The van der Waals surface area contributed by atoms with E-state index >= 15 is 0 Å². The smallest absolute Gasteiger partial charge is 0.219 e. The molecule has 0 spiro atoms. The van der Waals surface area contributed by atoms with Gasteiger partial charge in [-0.2, -0.15) is 0 Å². The molecule has 2 aromatic heterocycles. The lowest BCUT2D eigenvalue weighted by Gasteiger charge is -2.23. The van der Waals surface area contributed by atoms with E-state index in [1.54, 1.807) is 11.3 Å². The first-order chi connectivity index (χ1) is 9.83. The van der Waals surface area contributed by atoms with Crippen LogP contribution >= 0.6 is 11.3 Å². The average Bonchev–Trinajstić information content (AvgIpc) is 3.07. The zero-order valence-electron chi connectivity index (χ0n) is 10.5. The predicted octanol–water partition coefficient (Wildman–Crippen LogP) is 2.72. The summed E-state index contributed by atoms with van der Waals surface area (Å²) in [5.41, 5.74) is 1.74. The summed E-state index contributed by atoms with van der Waals surface area (Å²) in [6.45, 7) is 0. The summed E-state index contributed by atoms with van der Waals surface area (Å²) < 4.78 is 4.77. The minimum atomic E-state index is -0.182. The Morgan fingerprint density at radius 3 is 3.05 bits per heavy atom. The van der Waals surface area contributed by atoms with E-state index in [-0.39, 0.29) is 11.8 Å². The van der Waals surface area contributed by atoms with Crippen LogP contribution in [0, 0.1) is 0 Å². The van der Waals surface area contributed by atoms with Gasteiger partial charge in [-0.3, -0.25) is 4.79 Å². The molecule has 4 rings (SSSR count). The van der Waals surface area contributed by atoms with Crippen LogP contribution in [0.2, 0.25) is 0 Å². The highest BCUT2D eigenvalue weighted by molar-refractivity contribution is 7.10. The Morgan fingerprint density at radius 1 is 1.30 bits per heavy atom. The van der Waals surface area contributed by atoms with Crippen molar-refractivity contribution in [2.75, 3.05) is 10.6 Å². The van der Waals surface area contributed by atoms with Crippen LogP contribution in [-0.4, -0.2) is 16.1 Å². The van der Waals surface area contributed by atoms with E-state index in [0.717, 1.165) is 29.0 Å². The standard InChI is InChI=1S/C13H12N4O2S/c18-8-4-1-3-7-10(8)11(9-5-2-6-20-9)15-13-12(14-7)16-19-17-13/h2,5-6,11H,1,3-4H2,(H,14,16)(H,15,17). The van der Waals surface area contributed by atoms with Crippen molar-refractivity contribution in [3.63, 3.8) is 0 Å². The molecule has 2 N–H and O–H groups in total. The molecule has 3 heterocycles. The van der Waals surface area contributed by atoms with Crippen LogP contribution < -0.4 is 10.6 Å². The second-order valence-corrected chi connectivity index (χ2v) is 5.83. The second kappa shape index (κ2) is 4.45. The lowest BCUT2D eigenvalue weighted by atomic mass is 9.89. The van der Waals surface area contributed by atoms with Crippen LogP contribution in [0.3, 0.4) is 0 Å². The number of nitrogens with zero attached hydrogens (tertiary/aromatic N) is 2. The molecule has 20 heavy (non-hydrogen) atoms. The van der Waals surface area contributed by atoms with Crippen LogP contribution in [0.4, 0.5) is 11.6 Å². The molecule has 1 atom stereocenters. The summed E-state index contributed by atoms with van der Waals surface area (Å²) in [5.74, 6) is 1.28. The highest BCUT2D eigenvalue weighted by atomic mass is 32.1. The molecule has 1 aliphatic heterocycles. The maximum Gasteiger partial charge on any atom is 0.219 e. The van der Waals surface area contributed by atoms with Crippen molar-refractivity contribution in [2.45, 2.75) is 25.3 Å². The zero-order chi connectivity index (χ0) is 13.5. The van der Waals surface area contributed by atoms with Gasteiger partial charge in [0.1, 0.15) is 0 Å². The summed E-state index contributed by atoms with van der Waals surface area (Å²) in [4.78, 5) is 13.5. The summed E-state index contributed by atoms with van der Waals surface area (Å²) in [6.07, 6.45) is 2.30. The number of anilines is 2. The summed E-state index contributed by atoms with van der Waals surface area (Å²) in [6, 6.07) is 3.82. The van der Waals surface area contributed by atoms with Crippen LogP contribution in [-0.2, 0) is 4.79 Å². The number of thiophene rings is 1. The van der Waals surface area contributed by atoms with E-state index in [1.165, 1.54) is 0 Å². The first kappa shape index (κ1) is 11.7. The molecule has 0 amide bonds. The van der Waals surface area contributed by atoms with E-state index in [0.29, 0.717) is 18.1 Å². The fourth-order valence-corrected chi connectivity index (χ4v) is 3.50. The summed E-state index contributed by atoms with van der Waals surface area (Å²) in [5, 5.41) is 16.2. The van der Waals surface area contributed by atoms with Crippen LogP contribution in [0.5, 0.6) is 0 Å². The number of carbonyl (C=O) groups is 1. The molecule has 0 aromatic carbocycles. The van der Waals surface area contributed by atoms with Gasteiger partial charge in [-0.05, 0) is 34.6 Å². The molecule has 0 bridgehead atoms. The Morgan fingerprint density at radius 2 is 2.20 bits per heavy atom. The molecule has 1 aliphatic carbocycles. The minimum absolute atomic E-state index is 0.182. The normalized spacial score (nSPS) is 21.6. The van der Waals surface area contributed by atoms with Crippen molar-refractivity contribution in [3.8, 4) is 0 Å². The largest absolute Gasteiger partial charge is 0.352 e. The van der Waals surface area contributed by atoms with Crippen molar-refractivity contribution in [3.05, 3.63) is 33.7 Å². The van der Waals surface area contributed by atoms with Gasteiger partial charge in [-0.25, -0.2) is 4.63 Å². The molecule has 2 aromatic rings. The van der Waals surface area contributed by atoms with Gasteiger partial charge >= 0.3 is 0 Å². The fourth-order valence-electron chi connectivity index (χ4n) is 2.71. The highest BCUT2D eigenvalue weighted by Crippen LogP contribution is 2.40. The van der Waals surface area contributed by atoms with E-state index < -0.39 is 0 Å². The molecule has 102 valence electrons. The summed E-state index contributed by atoms with van der Waals surface area (Å²) >= 11 is 1.62. The first-order valence-electron chi connectivity index (χ1n) is 6.48. The van der Waals surface area contributed by atoms with Gasteiger partial charge in [-0.15, -0.1) is 11.3 Å².